The summed E-state index contributed by atoms with van der Waals surface area (Å²) in [6.45, 7) is 0. The van der Waals surface area contributed by atoms with Gasteiger partial charge in [-0.1, -0.05) is 0 Å². The standard InChI is InChI=1S/C12H18O7/c1-16-9-5-3-8(18-11(13)14)4-6-10(7-9)19-12(15)17-2/h4,6,8-10H,3,5,7H2,1-2H3,(H,13,14)/b6-4+. The third kappa shape index (κ3) is 5.60. The normalized spacial score (nSPS) is 28.6. The Balaban J connectivity index is 2.70. The van der Waals surface area contributed by atoms with Crippen LogP contribution in [-0.2, 0) is 18.9 Å². The number of carbonyl (C=O) groups is 2. The fraction of sp³-hybridized carbons (Fsp3) is 0.667. The summed E-state index contributed by atoms with van der Waals surface area (Å²) in [5.41, 5.74) is 0. The summed E-state index contributed by atoms with van der Waals surface area (Å²) in [5, 5.41) is 8.61. The number of rotatable bonds is 3. The molecule has 108 valence electrons. The van der Waals surface area contributed by atoms with Gasteiger partial charge in [0.15, 0.2) is 0 Å². The first-order chi connectivity index (χ1) is 9.05. The number of carboxylic acid groups (broad SMARTS) is 1. The molecule has 0 saturated carbocycles. The molecule has 0 radical (unpaired) electrons. The van der Waals surface area contributed by atoms with Gasteiger partial charge < -0.3 is 24.1 Å². The molecule has 0 aliphatic heterocycles. The van der Waals surface area contributed by atoms with Crippen molar-refractivity contribution in [2.24, 2.45) is 0 Å². The van der Waals surface area contributed by atoms with Crippen LogP contribution in [0.15, 0.2) is 12.2 Å². The smallest absolute Gasteiger partial charge is 0.450 e. The van der Waals surface area contributed by atoms with Crippen molar-refractivity contribution in [1.82, 2.24) is 0 Å². The molecule has 1 aliphatic rings. The highest BCUT2D eigenvalue weighted by molar-refractivity contribution is 5.60. The number of methoxy groups -OCH3 is 2. The molecule has 1 N–H and O–H groups in total. The largest absolute Gasteiger partial charge is 0.508 e. The highest BCUT2D eigenvalue weighted by Crippen LogP contribution is 2.19. The summed E-state index contributed by atoms with van der Waals surface area (Å²) in [5.74, 6) is 0. The third-order valence-corrected chi connectivity index (χ3v) is 2.81. The predicted octanol–water partition coefficient (Wildman–Crippen LogP) is 1.96. The summed E-state index contributed by atoms with van der Waals surface area (Å²) in [6, 6.07) is 0. The van der Waals surface area contributed by atoms with Gasteiger partial charge in [0.05, 0.1) is 13.2 Å². The Morgan fingerprint density at radius 2 is 1.79 bits per heavy atom. The van der Waals surface area contributed by atoms with Crippen LogP contribution >= 0.6 is 0 Å². The van der Waals surface area contributed by atoms with E-state index in [1.807, 2.05) is 0 Å². The molecule has 0 aromatic rings. The minimum atomic E-state index is -1.34. The maximum atomic E-state index is 11.1. The van der Waals surface area contributed by atoms with Crippen LogP contribution in [-0.4, -0.2) is 49.9 Å². The maximum Gasteiger partial charge on any atom is 0.508 e. The lowest BCUT2D eigenvalue weighted by molar-refractivity contribution is 0.00544. The van der Waals surface area contributed by atoms with Crippen LogP contribution in [0.1, 0.15) is 19.3 Å². The van der Waals surface area contributed by atoms with Crippen LogP contribution in [0.5, 0.6) is 0 Å². The van der Waals surface area contributed by atoms with E-state index in [0.29, 0.717) is 19.3 Å². The molecule has 0 aromatic heterocycles. The highest BCUT2D eigenvalue weighted by Gasteiger charge is 2.23. The van der Waals surface area contributed by atoms with Crippen LogP contribution in [0.4, 0.5) is 9.59 Å². The molecule has 0 saturated heterocycles. The minimum absolute atomic E-state index is 0.139. The van der Waals surface area contributed by atoms with Crippen molar-refractivity contribution in [3.63, 3.8) is 0 Å². The van der Waals surface area contributed by atoms with Gasteiger partial charge in [-0.05, 0) is 25.0 Å². The topological polar surface area (TPSA) is 91.3 Å². The summed E-state index contributed by atoms with van der Waals surface area (Å²) in [4.78, 5) is 21.6. The van der Waals surface area contributed by atoms with Gasteiger partial charge in [-0.25, -0.2) is 9.59 Å². The van der Waals surface area contributed by atoms with Gasteiger partial charge in [-0.3, -0.25) is 0 Å². The molecule has 1 aliphatic carbocycles. The minimum Gasteiger partial charge on any atom is -0.450 e. The summed E-state index contributed by atoms with van der Waals surface area (Å²) >= 11 is 0. The van der Waals surface area contributed by atoms with Gasteiger partial charge in [0, 0.05) is 13.5 Å². The lowest BCUT2D eigenvalue weighted by Gasteiger charge is -2.24. The molecular formula is C12H18O7. The van der Waals surface area contributed by atoms with Crippen LogP contribution in [0.25, 0.3) is 0 Å². The van der Waals surface area contributed by atoms with Crippen molar-refractivity contribution in [1.29, 1.82) is 0 Å². The van der Waals surface area contributed by atoms with Gasteiger partial charge in [-0.2, -0.15) is 0 Å². The Morgan fingerprint density at radius 3 is 2.37 bits per heavy atom. The van der Waals surface area contributed by atoms with Gasteiger partial charge in [0.2, 0.25) is 0 Å². The summed E-state index contributed by atoms with van der Waals surface area (Å²) in [6.07, 6.45) is 1.42. The lowest BCUT2D eigenvalue weighted by Crippen LogP contribution is -2.28. The second kappa shape index (κ2) is 7.63. The van der Waals surface area contributed by atoms with E-state index < -0.39 is 24.5 Å². The van der Waals surface area contributed by atoms with E-state index in [0.717, 1.165) is 0 Å². The van der Waals surface area contributed by atoms with E-state index in [9.17, 15) is 9.59 Å². The second-order valence-corrected chi connectivity index (χ2v) is 4.09. The first kappa shape index (κ1) is 15.3. The molecular weight excluding hydrogens is 256 g/mol. The van der Waals surface area contributed by atoms with Crippen LogP contribution in [0, 0.1) is 0 Å². The average Bonchev–Trinajstić information content (AvgIpc) is 2.36. The zero-order valence-electron chi connectivity index (χ0n) is 10.9. The van der Waals surface area contributed by atoms with Crippen molar-refractivity contribution >= 4 is 12.3 Å². The van der Waals surface area contributed by atoms with Crippen molar-refractivity contribution in [2.75, 3.05) is 14.2 Å². The molecule has 0 aromatic carbocycles. The molecule has 0 amide bonds. The Hall–Kier alpha value is -1.76. The first-order valence-corrected chi connectivity index (χ1v) is 5.90. The molecule has 3 atom stereocenters. The summed E-state index contributed by atoms with van der Waals surface area (Å²) < 4.78 is 19.4. The predicted molar refractivity (Wildman–Crippen MR) is 64.0 cm³/mol. The molecule has 3 unspecified atom stereocenters. The highest BCUT2D eigenvalue weighted by atomic mass is 16.7. The second-order valence-electron chi connectivity index (χ2n) is 4.09. The van der Waals surface area contributed by atoms with E-state index >= 15 is 0 Å². The SMILES string of the molecule is COC(=O)OC1/C=C/C(OC(=O)O)CCC(OC)C1. The number of ether oxygens (including phenoxy) is 4. The van der Waals surface area contributed by atoms with Crippen molar-refractivity contribution < 1.29 is 33.6 Å². The average molecular weight is 274 g/mol. The van der Waals surface area contributed by atoms with E-state index in [1.165, 1.54) is 7.11 Å². The first-order valence-electron chi connectivity index (χ1n) is 5.90. The third-order valence-electron chi connectivity index (χ3n) is 2.81. The van der Waals surface area contributed by atoms with Crippen molar-refractivity contribution in [2.45, 2.75) is 37.6 Å². The van der Waals surface area contributed by atoms with Crippen molar-refractivity contribution in [3.05, 3.63) is 12.2 Å². The van der Waals surface area contributed by atoms with Gasteiger partial charge in [0.25, 0.3) is 0 Å². The van der Waals surface area contributed by atoms with E-state index in [2.05, 4.69) is 4.74 Å². The van der Waals surface area contributed by atoms with E-state index in [4.69, 9.17) is 19.3 Å². The Labute approximate surface area is 111 Å². The van der Waals surface area contributed by atoms with E-state index in [1.54, 1.807) is 19.3 Å². The zero-order chi connectivity index (χ0) is 14.3. The lowest BCUT2D eigenvalue weighted by atomic mass is 9.99. The van der Waals surface area contributed by atoms with Crippen LogP contribution in [0.2, 0.25) is 0 Å². The molecule has 19 heavy (non-hydrogen) atoms. The van der Waals surface area contributed by atoms with Crippen LogP contribution < -0.4 is 0 Å². The van der Waals surface area contributed by atoms with Crippen molar-refractivity contribution in [3.8, 4) is 0 Å². The molecule has 0 heterocycles. The van der Waals surface area contributed by atoms with Gasteiger partial charge in [-0.15, -0.1) is 0 Å². The molecule has 1 rings (SSSR count). The van der Waals surface area contributed by atoms with E-state index in [-0.39, 0.29) is 6.10 Å². The Kier molecular flexibility index (Phi) is 6.14. The fourth-order valence-electron chi connectivity index (χ4n) is 1.85. The summed E-state index contributed by atoms with van der Waals surface area (Å²) in [7, 11) is 2.78. The number of hydrogen-bond donors (Lipinski definition) is 1. The zero-order valence-corrected chi connectivity index (χ0v) is 10.9. The Morgan fingerprint density at radius 1 is 1.11 bits per heavy atom. The Bertz CT molecular complexity index is 339. The molecule has 0 spiro atoms. The van der Waals surface area contributed by atoms with Gasteiger partial charge in [0.1, 0.15) is 12.2 Å². The molecule has 7 nitrogen and oxygen atoms in total. The monoisotopic (exact) mass is 274 g/mol. The molecule has 0 fully saturated rings. The van der Waals surface area contributed by atoms with Gasteiger partial charge >= 0.3 is 12.3 Å². The quantitative estimate of drug-likeness (QED) is 0.621. The van der Waals surface area contributed by atoms with Crippen LogP contribution in [0.3, 0.4) is 0 Å². The fourth-order valence-corrected chi connectivity index (χ4v) is 1.85. The maximum absolute atomic E-state index is 11.1. The molecule has 0 bridgehead atoms. The number of carbonyl (C=O) groups excluding carboxylic acids is 1. The molecule has 7 heteroatoms. The number of hydrogen-bond acceptors (Lipinski definition) is 6.